The van der Waals surface area contributed by atoms with Crippen molar-refractivity contribution in [2.45, 2.75) is 61.9 Å². The number of sulfonamides is 1. The lowest BCUT2D eigenvalue weighted by Crippen LogP contribution is -2.50. The van der Waals surface area contributed by atoms with Crippen LogP contribution in [0.2, 0.25) is 0 Å². The van der Waals surface area contributed by atoms with Gasteiger partial charge in [0.15, 0.2) is 0 Å². The van der Waals surface area contributed by atoms with E-state index in [1.54, 1.807) is 7.05 Å². The summed E-state index contributed by atoms with van der Waals surface area (Å²) < 4.78 is 27.2. The number of carbonyl (C=O) groups is 2. The molecular weight excluding hydrogens is 366 g/mol. The number of carbonyl (C=O) groups excluding carboxylic acids is 2. The molecule has 1 saturated carbocycles. The van der Waals surface area contributed by atoms with Crippen LogP contribution < -0.4 is 10.6 Å². The highest BCUT2D eigenvalue weighted by atomic mass is 32.2. The molecule has 0 spiro atoms. The second-order valence-electron chi connectivity index (χ2n) is 7.30. The summed E-state index contributed by atoms with van der Waals surface area (Å²) in [6.45, 7) is 0.631. The van der Waals surface area contributed by atoms with Gasteiger partial charge >= 0.3 is 0 Å². The summed E-state index contributed by atoms with van der Waals surface area (Å²) in [6.07, 6.45) is 6.47. The Bertz CT molecular complexity index is 786. The second kappa shape index (κ2) is 8.39. The Morgan fingerprint density at radius 3 is 2.37 bits per heavy atom. The molecule has 1 saturated heterocycles. The smallest absolute Gasteiger partial charge is 0.251 e. The van der Waals surface area contributed by atoms with Gasteiger partial charge in [-0.3, -0.25) is 9.59 Å². The lowest BCUT2D eigenvalue weighted by atomic mass is 9.96. The Kier molecular flexibility index (Phi) is 6.16. The van der Waals surface area contributed by atoms with E-state index in [0.717, 1.165) is 38.5 Å². The van der Waals surface area contributed by atoms with Gasteiger partial charge < -0.3 is 10.6 Å². The predicted octanol–water partition coefficient (Wildman–Crippen LogP) is 1.65. The summed E-state index contributed by atoms with van der Waals surface area (Å²) >= 11 is 0. The van der Waals surface area contributed by atoms with Crippen molar-refractivity contribution in [3.05, 3.63) is 29.8 Å². The van der Waals surface area contributed by atoms with E-state index in [2.05, 4.69) is 10.6 Å². The topological polar surface area (TPSA) is 95.6 Å². The molecule has 3 rings (SSSR count). The Hall–Kier alpha value is -1.93. The Balaban J connectivity index is 1.68. The molecule has 1 unspecified atom stereocenters. The van der Waals surface area contributed by atoms with Crippen LogP contribution in [-0.4, -0.2) is 50.2 Å². The zero-order valence-corrected chi connectivity index (χ0v) is 16.4. The first-order valence-electron chi connectivity index (χ1n) is 9.56. The van der Waals surface area contributed by atoms with Gasteiger partial charge in [-0.1, -0.05) is 19.3 Å². The minimum atomic E-state index is -3.58. The number of benzene rings is 1. The van der Waals surface area contributed by atoms with Gasteiger partial charge in [0.05, 0.1) is 4.90 Å². The summed E-state index contributed by atoms with van der Waals surface area (Å²) in [4.78, 5) is 24.3. The van der Waals surface area contributed by atoms with E-state index in [0.29, 0.717) is 18.5 Å². The summed E-state index contributed by atoms with van der Waals surface area (Å²) in [5.41, 5.74) is 0.340. The van der Waals surface area contributed by atoms with E-state index >= 15 is 0 Å². The third-order valence-electron chi connectivity index (χ3n) is 5.47. The molecule has 7 nitrogen and oxygen atoms in total. The SMILES string of the molecule is CN(C1CCCCC1)S(=O)(=O)c1ccc(C(=O)NC2CCCNC2=O)cc1. The van der Waals surface area contributed by atoms with Crippen LogP contribution in [-0.2, 0) is 14.8 Å². The van der Waals surface area contributed by atoms with Gasteiger partial charge in [0.1, 0.15) is 6.04 Å². The fourth-order valence-corrected chi connectivity index (χ4v) is 5.15. The molecule has 2 amide bonds. The van der Waals surface area contributed by atoms with Gasteiger partial charge in [0.25, 0.3) is 5.91 Å². The van der Waals surface area contributed by atoms with Crippen LogP contribution in [0, 0.1) is 0 Å². The van der Waals surface area contributed by atoms with Crippen LogP contribution >= 0.6 is 0 Å². The highest BCUT2D eigenvalue weighted by molar-refractivity contribution is 7.89. The molecule has 0 radical (unpaired) electrons. The molecule has 1 atom stereocenters. The summed E-state index contributed by atoms with van der Waals surface area (Å²) in [6, 6.07) is 5.42. The van der Waals surface area contributed by atoms with Crippen molar-refractivity contribution in [3.63, 3.8) is 0 Å². The quantitative estimate of drug-likeness (QED) is 0.795. The van der Waals surface area contributed by atoms with Crippen LogP contribution in [0.4, 0.5) is 0 Å². The highest BCUT2D eigenvalue weighted by Gasteiger charge is 2.29. The Morgan fingerprint density at radius 1 is 1.07 bits per heavy atom. The summed E-state index contributed by atoms with van der Waals surface area (Å²) in [5.74, 6) is -0.551. The molecule has 8 heteroatoms. The molecule has 1 aromatic carbocycles. The zero-order chi connectivity index (χ0) is 19.4. The van der Waals surface area contributed by atoms with Crippen molar-refractivity contribution < 1.29 is 18.0 Å². The number of hydrogen-bond acceptors (Lipinski definition) is 4. The fourth-order valence-electron chi connectivity index (χ4n) is 3.74. The van der Waals surface area contributed by atoms with Crippen LogP contribution in [0.1, 0.15) is 55.3 Å². The van der Waals surface area contributed by atoms with Gasteiger partial charge in [-0.05, 0) is 49.9 Å². The molecule has 1 aliphatic carbocycles. The first-order valence-corrected chi connectivity index (χ1v) is 11.0. The molecule has 2 fully saturated rings. The number of rotatable bonds is 5. The highest BCUT2D eigenvalue weighted by Crippen LogP contribution is 2.26. The third-order valence-corrected chi connectivity index (χ3v) is 7.40. The number of hydrogen-bond donors (Lipinski definition) is 2. The molecular formula is C19H27N3O4S. The lowest BCUT2D eigenvalue weighted by Gasteiger charge is -2.30. The molecule has 2 N–H and O–H groups in total. The lowest BCUT2D eigenvalue weighted by molar-refractivity contribution is -0.124. The molecule has 0 bridgehead atoms. The van der Waals surface area contributed by atoms with Crippen molar-refractivity contribution in [1.82, 2.24) is 14.9 Å². The minimum Gasteiger partial charge on any atom is -0.354 e. The summed E-state index contributed by atoms with van der Waals surface area (Å²) in [5, 5.41) is 5.43. The van der Waals surface area contributed by atoms with Crippen molar-refractivity contribution in [2.75, 3.05) is 13.6 Å². The molecule has 2 aliphatic rings. The van der Waals surface area contributed by atoms with Crippen LogP contribution in [0.15, 0.2) is 29.2 Å². The van der Waals surface area contributed by atoms with Crippen LogP contribution in [0.5, 0.6) is 0 Å². The number of amides is 2. The zero-order valence-electron chi connectivity index (χ0n) is 15.6. The van der Waals surface area contributed by atoms with Crippen LogP contribution in [0.25, 0.3) is 0 Å². The molecule has 1 aliphatic heterocycles. The number of piperidine rings is 1. The Morgan fingerprint density at radius 2 is 1.74 bits per heavy atom. The van der Waals surface area contributed by atoms with Gasteiger partial charge in [-0.2, -0.15) is 4.31 Å². The molecule has 1 heterocycles. The van der Waals surface area contributed by atoms with E-state index in [4.69, 9.17) is 0 Å². The predicted molar refractivity (Wildman–Crippen MR) is 102 cm³/mol. The normalized spacial score (nSPS) is 21.7. The van der Waals surface area contributed by atoms with E-state index in [1.165, 1.54) is 28.6 Å². The van der Waals surface area contributed by atoms with E-state index < -0.39 is 16.1 Å². The van der Waals surface area contributed by atoms with Crippen LogP contribution in [0.3, 0.4) is 0 Å². The van der Waals surface area contributed by atoms with Crippen molar-refractivity contribution in [3.8, 4) is 0 Å². The standard InChI is InChI=1S/C19H27N3O4S/c1-22(15-6-3-2-4-7-15)27(25,26)16-11-9-14(10-12-16)18(23)21-17-8-5-13-20-19(17)24/h9-12,15,17H,2-8,13H2,1H3,(H,20,24)(H,21,23). The fraction of sp³-hybridized carbons (Fsp3) is 0.579. The molecule has 148 valence electrons. The van der Waals surface area contributed by atoms with Gasteiger partial charge in [-0.15, -0.1) is 0 Å². The van der Waals surface area contributed by atoms with Gasteiger partial charge in [0, 0.05) is 25.2 Å². The average molecular weight is 394 g/mol. The minimum absolute atomic E-state index is 0.0385. The van der Waals surface area contributed by atoms with E-state index in [-0.39, 0.29) is 22.8 Å². The van der Waals surface area contributed by atoms with Crippen molar-refractivity contribution >= 4 is 21.8 Å². The molecule has 27 heavy (non-hydrogen) atoms. The van der Waals surface area contributed by atoms with Gasteiger partial charge in [-0.25, -0.2) is 8.42 Å². The maximum absolute atomic E-state index is 12.8. The van der Waals surface area contributed by atoms with Gasteiger partial charge in [0.2, 0.25) is 15.9 Å². The summed E-state index contributed by atoms with van der Waals surface area (Å²) in [7, 11) is -1.95. The molecule has 0 aromatic heterocycles. The monoisotopic (exact) mass is 393 g/mol. The maximum Gasteiger partial charge on any atom is 0.251 e. The first-order chi connectivity index (χ1) is 12.9. The second-order valence-corrected chi connectivity index (χ2v) is 9.29. The third kappa shape index (κ3) is 4.50. The maximum atomic E-state index is 12.8. The average Bonchev–Trinajstić information content (AvgIpc) is 2.70. The van der Waals surface area contributed by atoms with Crippen molar-refractivity contribution in [1.29, 1.82) is 0 Å². The first kappa shape index (κ1) is 19.8. The molecule has 1 aromatic rings. The van der Waals surface area contributed by atoms with E-state index in [9.17, 15) is 18.0 Å². The van der Waals surface area contributed by atoms with Crippen molar-refractivity contribution in [2.24, 2.45) is 0 Å². The number of nitrogens with one attached hydrogen (secondary N) is 2. The largest absolute Gasteiger partial charge is 0.354 e. The number of nitrogens with zero attached hydrogens (tertiary/aromatic N) is 1. The van der Waals surface area contributed by atoms with E-state index in [1.807, 2.05) is 0 Å². The Labute approximate surface area is 160 Å².